The van der Waals surface area contributed by atoms with Gasteiger partial charge in [0.15, 0.2) is 0 Å². The minimum atomic E-state index is 0.159. The first-order valence-corrected chi connectivity index (χ1v) is 6.20. The van der Waals surface area contributed by atoms with Crippen molar-refractivity contribution in [1.29, 1.82) is 0 Å². The van der Waals surface area contributed by atoms with Crippen LogP contribution in [0.4, 0.5) is 0 Å². The Hall–Kier alpha value is -0.120. The topological polar surface area (TPSA) is 47.3 Å². The second-order valence-electron chi connectivity index (χ2n) is 4.94. The lowest BCUT2D eigenvalue weighted by atomic mass is 9.94. The van der Waals surface area contributed by atoms with Crippen LogP contribution in [0.3, 0.4) is 0 Å². The van der Waals surface area contributed by atoms with Crippen LogP contribution in [0.5, 0.6) is 0 Å². The monoisotopic (exact) mass is 214 g/mol. The van der Waals surface area contributed by atoms with Crippen LogP contribution >= 0.6 is 0 Å². The van der Waals surface area contributed by atoms with Gasteiger partial charge in [0, 0.05) is 18.2 Å². The molecule has 15 heavy (non-hydrogen) atoms. The number of nitrogens with one attached hydrogen (secondary N) is 1. The van der Waals surface area contributed by atoms with E-state index in [1.807, 2.05) is 0 Å². The maximum atomic E-state index is 5.98. The van der Waals surface area contributed by atoms with Crippen molar-refractivity contribution in [3.63, 3.8) is 0 Å². The molecule has 0 radical (unpaired) electrons. The number of rotatable bonds is 6. The van der Waals surface area contributed by atoms with Gasteiger partial charge in [0.25, 0.3) is 0 Å². The first kappa shape index (κ1) is 12.9. The van der Waals surface area contributed by atoms with Crippen LogP contribution in [0.1, 0.15) is 46.5 Å². The van der Waals surface area contributed by atoms with E-state index in [0.29, 0.717) is 12.1 Å². The van der Waals surface area contributed by atoms with Gasteiger partial charge in [0.1, 0.15) is 0 Å². The number of hydrogen-bond donors (Lipinski definition) is 2. The average Bonchev–Trinajstić information content (AvgIpc) is 2.48. The van der Waals surface area contributed by atoms with Crippen molar-refractivity contribution in [2.75, 3.05) is 13.2 Å². The van der Waals surface area contributed by atoms with Crippen LogP contribution in [-0.2, 0) is 4.74 Å². The first-order chi connectivity index (χ1) is 7.08. The summed E-state index contributed by atoms with van der Waals surface area (Å²) in [6, 6.07) is 0.351. The molecule has 1 saturated heterocycles. The summed E-state index contributed by atoms with van der Waals surface area (Å²) < 4.78 is 5.58. The van der Waals surface area contributed by atoms with Gasteiger partial charge >= 0.3 is 0 Å². The number of ether oxygens (including phenoxy) is 1. The Morgan fingerprint density at radius 1 is 1.53 bits per heavy atom. The molecule has 0 aliphatic carbocycles. The molecule has 1 fully saturated rings. The Kier molecular flexibility index (Phi) is 5.03. The molecule has 1 rings (SSSR count). The molecule has 1 aliphatic heterocycles. The second kappa shape index (κ2) is 5.83. The zero-order valence-corrected chi connectivity index (χ0v) is 10.4. The van der Waals surface area contributed by atoms with Gasteiger partial charge < -0.3 is 15.8 Å². The summed E-state index contributed by atoms with van der Waals surface area (Å²) in [5, 5.41) is 3.59. The molecule has 0 spiro atoms. The normalized spacial score (nSPS) is 33.2. The van der Waals surface area contributed by atoms with E-state index in [0.717, 1.165) is 32.4 Å². The molecular formula is C12H26N2O. The van der Waals surface area contributed by atoms with Gasteiger partial charge in [0.2, 0.25) is 0 Å². The average molecular weight is 214 g/mol. The largest absolute Gasteiger partial charge is 0.377 e. The lowest BCUT2D eigenvalue weighted by molar-refractivity contribution is 0.0885. The van der Waals surface area contributed by atoms with Crippen molar-refractivity contribution in [1.82, 2.24) is 5.32 Å². The maximum Gasteiger partial charge on any atom is 0.0726 e. The summed E-state index contributed by atoms with van der Waals surface area (Å²) in [6.07, 6.45) is 4.80. The zero-order valence-electron chi connectivity index (χ0n) is 10.4. The minimum Gasteiger partial charge on any atom is -0.377 e. The highest BCUT2D eigenvalue weighted by molar-refractivity contribution is 4.93. The predicted octanol–water partition coefficient (Wildman–Crippen LogP) is 1.66. The molecule has 90 valence electrons. The van der Waals surface area contributed by atoms with Crippen molar-refractivity contribution >= 4 is 0 Å². The molecule has 1 heterocycles. The molecular weight excluding hydrogens is 188 g/mol. The highest BCUT2D eigenvalue weighted by atomic mass is 16.5. The van der Waals surface area contributed by atoms with Crippen LogP contribution in [0.15, 0.2) is 0 Å². The highest BCUT2D eigenvalue weighted by Gasteiger charge is 2.36. The van der Waals surface area contributed by atoms with Gasteiger partial charge in [-0.15, -0.1) is 0 Å². The van der Waals surface area contributed by atoms with E-state index < -0.39 is 0 Å². The molecule has 0 bridgehead atoms. The summed E-state index contributed by atoms with van der Waals surface area (Å²) in [6.45, 7) is 8.46. The molecule has 0 saturated carbocycles. The number of hydrogen-bond acceptors (Lipinski definition) is 3. The SMILES string of the molecule is CCCC(N)CCNC1(C)CCOC1C. The fourth-order valence-corrected chi connectivity index (χ4v) is 2.13. The van der Waals surface area contributed by atoms with E-state index in [1.165, 1.54) is 6.42 Å². The first-order valence-electron chi connectivity index (χ1n) is 6.20. The standard InChI is InChI=1S/C12H26N2O/c1-4-5-11(13)6-8-14-12(3)7-9-15-10(12)2/h10-11,14H,4-9,13H2,1-3H3. The molecule has 3 N–H and O–H groups in total. The van der Waals surface area contributed by atoms with Gasteiger partial charge in [-0.1, -0.05) is 13.3 Å². The summed E-state index contributed by atoms with van der Waals surface area (Å²) in [4.78, 5) is 0. The van der Waals surface area contributed by atoms with Crippen LogP contribution in [0.2, 0.25) is 0 Å². The van der Waals surface area contributed by atoms with E-state index in [1.54, 1.807) is 0 Å². The van der Waals surface area contributed by atoms with Crippen molar-refractivity contribution in [3.05, 3.63) is 0 Å². The van der Waals surface area contributed by atoms with Gasteiger partial charge in [-0.05, 0) is 39.7 Å². The van der Waals surface area contributed by atoms with Gasteiger partial charge in [-0.3, -0.25) is 0 Å². The molecule has 0 aromatic heterocycles. The van der Waals surface area contributed by atoms with Crippen LogP contribution < -0.4 is 11.1 Å². The Balaban J connectivity index is 2.19. The van der Waals surface area contributed by atoms with Crippen molar-refractivity contribution in [2.45, 2.75) is 64.1 Å². The molecule has 1 aliphatic rings. The number of nitrogens with two attached hydrogens (primary N) is 1. The zero-order chi connectivity index (χ0) is 11.3. The summed E-state index contributed by atoms with van der Waals surface area (Å²) >= 11 is 0. The molecule has 3 unspecified atom stereocenters. The van der Waals surface area contributed by atoms with Crippen LogP contribution in [0.25, 0.3) is 0 Å². The van der Waals surface area contributed by atoms with Crippen molar-refractivity contribution in [2.24, 2.45) is 5.73 Å². The van der Waals surface area contributed by atoms with Crippen LogP contribution in [-0.4, -0.2) is 30.8 Å². The molecule has 0 aromatic rings. The fraction of sp³-hybridized carbons (Fsp3) is 1.00. The lowest BCUT2D eigenvalue weighted by Gasteiger charge is -2.29. The van der Waals surface area contributed by atoms with Crippen LogP contribution in [0, 0.1) is 0 Å². The fourth-order valence-electron chi connectivity index (χ4n) is 2.13. The van der Waals surface area contributed by atoms with Crippen molar-refractivity contribution in [3.8, 4) is 0 Å². The Morgan fingerprint density at radius 3 is 2.80 bits per heavy atom. The van der Waals surface area contributed by atoms with Crippen molar-refractivity contribution < 1.29 is 4.74 Å². The molecule has 0 amide bonds. The molecule has 3 atom stereocenters. The quantitative estimate of drug-likeness (QED) is 0.707. The third kappa shape index (κ3) is 3.74. The third-order valence-corrected chi connectivity index (χ3v) is 3.59. The lowest BCUT2D eigenvalue weighted by Crippen LogP contribution is -2.48. The molecule has 3 heteroatoms. The summed E-state index contributed by atoms with van der Waals surface area (Å²) in [5.74, 6) is 0. The van der Waals surface area contributed by atoms with E-state index in [2.05, 4.69) is 26.1 Å². The second-order valence-corrected chi connectivity index (χ2v) is 4.94. The maximum absolute atomic E-state index is 5.98. The third-order valence-electron chi connectivity index (χ3n) is 3.59. The molecule has 3 nitrogen and oxygen atoms in total. The van der Waals surface area contributed by atoms with Gasteiger partial charge in [0.05, 0.1) is 6.10 Å². The predicted molar refractivity (Wildman–Crippen MR) is 63.9 cm³/mol. The molecule has 0 aromatic carbocycles. The van der Waals surface area contributed by atoms with E-state index in [9.17, 15) is 0 Å². The van der Waals surface area contributed by atoms with E-state index in [-0.39, 0.29) is 5.54 Å². The Bertz CT molecular complexity index is 186. The smallest absolute Gasteiger partial charge is 0.0726 e. The van der Waals surface area contributed by atoms with E-state index >= 15 is 0 Å². The summed E-state index contributed by atoms with van der Waals surface area (Å²) in [7, 11) is 0. The Morgan fingerprint density at radius 2 is 2.27 bits per heavy atom. The minimum absolute atomic E-state index is 0.159. The Labute approximate surface area is 93.8 Å². The van der Waals surface area contributed by atoms with E-state index in [4.69, 9.17) is 10.5 Å². The highest BCUT2D eigenvalue weighted by Crippen LogP contribution is 2.24. The summed E-state index contributed by atoms with van der Waals surface area (Å²) in [5.41, 5.74) is 6.13. The van der Waals surface area contributed by atoms with Gasteiger partial charge in [-0.2, -0.15) is 0 Å². The van der Waals surface area contributed by atoms with Gasteiger partial charge in [-0.25, -0.2) is 0 Å².